The van der Waals surface area contributed by atoms with Gasteiger partial charge in [0.15, 0.2) is 5.13 Å². The predicted octanol–water partition coefficient (Wildman–Crippen LogP) is 4.53. The normalized spacial score (nSPS) is 17.7. The molecule has 10 heteroatoms. The van der Waals surface area contributed by atoms with Gasteiger partial charge >= 0.3 is 0 Å². The van der Waals surface area contributed by atoms with Crippen molar-refractivity contribution in [1.82, 2.24) is 15.2 Å². The quantitative estimate of drug-likeness (QED) is 0.164. The lowest BCUT2D eigenvalue weighted by Gasteiger charge is -2.42. The fourth-order valence-electron chi connectivity index (χ4n) is 6.07. The number of aliphatic hydroxyl groups excluding tert-OH is 2. The molecule has 6 N–H and O–H groups in total. The third-order valence-electron chi connectivity index (χ3n) is 8.62. The Balaban J connectivity index is 2.49. The van der Waals surface area contributed by atoms with Crippen LogP contribution in [0.25, 0.3) is 0 Å². The van der Waals surface area contributed by atoms with Crippen LogP contribution in [-0.2, 0) is 16.0 Å². The molecule has 1 aliphatic carbocycles. The van der Waals surface area contributed by atoms with Crippen molar-refractivity contribution in [3.8, 4) is 0 Å². The Morgan fingerprint density at radius 1 is 1.17 bits per heavy atom. The first-order valence-electron chi connectivity index (χ1n) is 16.1. The number of carbonyl (C=O) groups is 2. The van der Waals surface area contributed by atoms with Gasteiger partial charge in [-0.15, -0.1) is 11.3 Å². The molecule has 2 amide bonds. The molecule has 1 fully saturated rings. The monoisotopic (exact) mass is 610 g/mol. The molecular weight excluding hydrogens is 552 g/mol. The number of aromatic nitrogens is 1. The fraction of sp³-hybridized carbons (Fsp3) is 0.844. The molecule has 9 nitrogen and oxygen atoms in total. The van der Waals surface area contributed by atoms with Crippen LogP contribution in [-0.4, -0.2) is 74.0 Å². The Bertz CT molecular complexity index is 940. The number of hydrogen-bond acceptors (Lipinski definition) is 8. The zero-order valence-corrected chi connectivity index (χ0v) is 27.7. The van der Waals surface area contributed by atoms with Gasteiger partial charge in [-0.1, -0.05) is 72.6 Å². The Labute approximate surface area is 257 Å². The molecule has 0 aromatic carbocycles. The number of nitrogens with zero attached hydrogens (tertiary/aromatic N) is 2. The van der Waals surface area contributed by atoms with Crippen molar-refractivity contribution in [2.75, 3.05) is 18.8 Å². The average Bonchev–Trinajstić information content (AvgIpc) is 3.34. The molecule has 0 spiro atoms. The summed E-state index contributed by atoms with van der Waals surface area (Å²) in [5, 5.41) is 37.9. The smallest absolute Gasteiger partial charge is 0.226 e. The van der Waals surface area contributed by atoms with E-state index in [4.69, 9.17) is 5.73 Å². The first-order chi connectivity index (χ1) is 19.7. The summed E-state index contributed by atoms with van der Waals surface area (Å²) < 4.78 is 0. The summed E-state index contributed by atoms with van der Waals surface area (Å²) in [5.74, 6) is -0.485. The van der Waals surface area contributed by atoms with Gasteiger partial charge in [0.05, 0.1) is 29.4 Å². The maximum Gasteiger partial charge on any atom is 0.226 e. The lowest BCUT2D eigenvalue weighted by atomic mass is 9.81. The fourth-order valence-corrected chi connectivity index (χ4v) is 6.64. The lowest BCUT2D eigenvalue weighted by Crippen LogP contribution is -2.55. The van der Waals surface area contributed by atoms with E-state index in [-0.39, 0.29) is 43.0 Å². The second-order valence-corrected chi connectivity index (χ2v) is 14.4. The second kappa shape index (κ2) is 17.5. The lowest BCUT2D eigenvalue weighted by molar-refractivity contribution is -0.147. The van der Waals surface area contributed by atoms with Gasteiger partial charge in [0.25, 0.3) is 0 Å². The number of thiazole rings is 1. The average molecular weight is 611 g/mol. The molecule has 0 aliphatic heterocycles. The summed E-state index contributed by atoms with van der Waals surface area (Å²) in [4.78, 5) is 33.9. The number of aliphatic hydroxyl groups is 3. The number of nitrogen functional groups attached to an aromatic ring is 1. The van der Waals surface area contributed by atoms with Gasteiger partial charge in [-0.2, -0.15) is 0 Å². The van der Waals surface area contributed by atoms with Gasteiger partial charge in [-0.3, -0.25) is 9.59 Å². The number of amides is 2. The molecule has 1 aromatic heterocycles. The van der Waals surface area contributed by atoms with Crippen LogP contribution < -0.4 is 11.1 Å². The van der Waals surface area contributed by atoms with Gasteiger partial charge in [0.1, 0.15) is 6.10 Å². The first kappa shape index (κ1) is 36.4. The second-order valence-electron chi connectivity index (χ2n) is 13.5. The third kappa shape index (κ3) is 12.5. The zero-order valence-electron chi connectivity index (χ0n) is 26.8. The molecule has 0 unspecified atom stereocenters. The minimum Gasteiger partial charge on any atom is -0.390 e. The number of anilines is 1. The highest BCUT2D eigenvalue weighted by atomic mass is 32.1. The Hall–Kier alpha value is -1.75. The van der Waals surface area contributed by atoms with Crippen molar-refractivity contribution < 1.29 is 24.9 Å². The summed E-state index contributed by atoms with van der Waals surface area (Å²) in [6.45, 7) is 12.0. The van der Waals surface area contributed by atoms with Crippen LogP contribution in [0, 0.1) is 23.7 Å². The van der Waals surface area contributed by atoms with Gasteiger partial charge in [0, 0.05) is 31.3 Å². The van der Waals surface area contributed by atoms with Crippen LogP contribution in [0.3, 0.4) is 0 Å². The minimum atomic E-state index is -1.09. The molecule has 0 saturated heterocycles. The van der Waals surface area contributed by atoms with Crippen molar-refractivity contribution in [2.45, 2.75) is 136 Å². The van der Waals surface area contributed by atoms with Crippen LogP contribution in [0.5, 0.6) is 0 Å². The largest absolute Gasteiger partial charge is 0.390 e. The highest BCUT2D eigenvalue weighted by Gasteiger charge is 2.39. The van der Waals surface area contributed by atoms with Crippen molar-refractivity contribution in [1.29, 1.82) is 0 Å². The van der Waals surface area contributed by atoms with E-state index in [9.17, 15) is 24.9 Å². The van der Waals surface area contributed by atoms with E-state index in [1.165, 1.54) is 17.8 Å². The Morgan fingerprint density at radius 3 is 2.33 bits per heavy atom. The molecule has 2 rings (SSSR count). The SMILES string of the molecule is CCC(CC)CN(C(=O)[C@@H](CC(=O)NCC(C)(C)O)Cc1csc(N)n1)[C@@H](CC1CCCCC1)[C@@H](O)[C@@H](O)CC(C)C. The van der Waals surface area contributed by atoms with Gasteiger partial charge < -0.3 is 31.3 Å². The van der Waals surface area contributed by atoms with E-state index in [1.807, 2.05) is 24.1 Å². The standard InChI is InChI=1S/C32H58N4O5S/c1-7-22(8-2)18-36(26(15-23-12-10-9-11-13-23)29(39)27(37)14-21(3)4)30(40)24(16-25-19-42-31(33)35-25)17-28(38)34-20-32(5,6)41/h19,21-24,26-27,29,37,39,41H,7-18,20H2,1-6H3,(H2,33,35)(H,34,38)/t24-,26+,27+,29-/m1/s1. The maximum atomic E-state index is 14.6. The molecule has 1 aliphatic rings. The van der Waals surface area contributed by atoms with Crippen LogP contribution in [0.4, 0.5) is 5.13 Å². The van der Waals surface area contributed by atoms with Crippen LogP contribution in [0.15, 0.2) is 5.38 Å². The van der Waals surface area contributed by atoms with Crippen molar-refractivity contribution in [3.63, 3.8) is 0 Å². The topological polar surface area (TPSA) is 149 Å². The number of carbonyl (C=O) groups excluding carboxylic acids is 2. The highest BCUT2D eigenvalue weighted by Crippen LogP contribution is 2.33. The van der Waals surface area contributed by atoms with Crippen molar-refractivity contribution in [3.05, 3.63) is 11.1 Å². The number of hydrogen-bond donors (Lipinski definition) is 5. The minimum absolute atomic E-state index is 0.0677. The summed E-state index contributed by atoms with van der Waals surface area (Å²) in [5.41, 5.74) is 5.47. The first-order valence-corrected chi connectivity index (χ1v) is 17.0. The van der Waals surface area contributed by atoms with Crippen LogP contribution in [0.2, 0.25) is 0 Å². The molecule has 1 heterocycles. The molecule has 42 heavy (non-hydrogen) atoms. The summed E-state index contributed by atoms with van der Waals surface area (Å²) >= 11 is 1.30. The van der Waals surface area contributed by atoms with Gasteiger partial charge in [-0.25, -0.2) is 4.98 Å². The van der Waals surface area contributed by atoms with E-state index in [0.717, 1.165) is 38.5 Å². The Morgan fingerprint density at radius 2 is 1.81 bits per heavy atom. The van der Waals surface area contributed by atoms with Crippen molar-refractivity contribution >= 4 is 28.3 Å². The molecule has 0 bridgehead atoms. The van der Waals surface area contributed by atoms with E-state index >= 15 is 0 Å². The summed E-state index contributed by atoms with van der Waals surface area (Å²) in [7, 11) is 0. The zero-order chi connectivity index (χ0) is 31.4. The summed E-state index contributed by atoms with van der Waals surface area (Å²) in [6, 6.07) is -0.558. The third-order valence-corrected chi connectivity index (χ3v) is 9.34. The maximum absolute atomic E-state index is 14.6. The number of rotatable bonds is 18. The molecule has 1 aromatic rings. The Kier molecular flexibility index (Phi) is 15.2. The molecule has 0 radical (unpaired) electrons. The highest BCUT2D eigenvalue weighted by molar-refractivity contribution is 7.13. The van der Waals surface area contributed by atoms with E-state index in [1.54, 1.807) is 13.8 Å². The van der Waals surface area contributed by atoms with Crippen molar-refractivity contribution in [2.24, 2.45) is 23.7 Å². The van der Waals surface area contributed by atoms with E-state index < -0.39 is 29.8 Å². The van der Waals surface area contributed by atoms with Crippen LogP contribution >= 0.6 is 11.3 Å². The molecule has 242 valence electrons. The summed E-state index contributed by atoms with van der Waals surface area (Å²) in [6.07, 6.45) is 6.52. The van der Waals surface area contributed by atoms with E-state index in [2.05, 4.69) is 24.1 Å². The molecule has 1 saturated carbocycles. The number of nitrogens with two attached hydrogens (primary N) is 1. The molecule has 4 atom stereocenters. The number of nitrogens with one attached hydrogen (secondary N) is 1. The van der Waals surface area contributed by atoms with Crippen LogP contribution in [0.1, 0.15) is 111 Å². The van der Waals surface area contributed by atoms with Gasteiger partial charge in [-0.05, 0) is 44.4 Å². The van der Waals surface area contributed by atoms with E-state index in [0.29, 0.717) is 36.1 Å². The predicted molar refractivity (Wildman–Crippen MR) is 170 cm³/mol. The molecular formula is C32H58N4O5S. The van der Waals surface area contributed by atoms with Gasteiger partial charge in [0.2, 0.25) is 11.8 Å².